The summed E-state index contributed by atoms with van der Waals surface area (Å²) >= 11 is 0. The molecule has 0 radical (unpaired) electrons. The second-order valence-electron chi connectivity index (χ2n) is 5.59. The minimum Gasteiger partial charge on any atom is -0.400 e. The van der Waals surface area contributed by atoms with Crippen LogP contribution < -0.4 is 0 Å². The van der Waals surface area contributed by atoms with Gasteiger partial charge >= 0.3 is 7.12 Å². The molecule has 0 aromatic carbocycles. The third-order valence-corrected chi connectivity index (χ3v) is 3.61. The van der Waals surface area contributed by atoms with Crippen LogP contribution in [0, 0.1) is 0 Å². The lowest BCUT2D eigenvalue weighted by atomic mass is 9.75. The van der Waals surface area contributed by atoms with Gasteiger partial charge in [-0.2, -0.15) is 0 Å². The van der Waals surface area contributed by atoms with Crippen molar-refractivity contribution in [3.05, 3.63) is 11.5 Å². The first-order valence-electron chi connectivity index (χ1n) is 6.44. The minimum absolute atomic E-state index is 0.313. The van der Waals surface area contributed by atoms with E-state index in [2.05, 4.69) is 6.92 Å². The Morgan fingerprint density at radius 2 is 1.71 bits per heavy atom. The van der Waals surface area contributed by atoms with Crippen LogP contribution in [-0.2, 0) is 9.31 Å². The molecule has 0 unspecified atom stereocenters. The molecule has 0 N–H and O–H groups in total. The molecule has 98 valence electrons. The van der Waals surface area contributed by atoms with Crippen LogP contribution >= 0.6 is 0 Å². The van der Waals surface area contributed by atoms with E-state index >= 15 is 0 Å². The van der Waals surface area contributed by atoms with Gasteiger partial charge in [-0.3, -0.25) is 4.39 Å². The predicted molar refractivity (Wildman–Crippen MR) is 69.7 cm³/mol. The lowest BCUT2D eigenvalue weighted by Crippen LogP contribution is -2.41. The average molecular weight is 242 g/mol. The number of halogens is 1. The molecule has 1 saturated heterocycles. The lowest BCUT2D eigenvalue weighted by molar-refractivity contribution is 0.00578. The Morgan fingerprint density at radius 1 is 1.18 bits per heavy atom. The second kappa shape index (κ2) is 5.53. The van der Waals surface area contributed by atoms with Gasteiger partial charge in [0.15, 0.2) is 0 Å². The molecule has 2 nitrogen and oxygen atoms in total. The Balaban J connectivity index is 2.79. The molecule has 0 spiro atoms. The zero-order chi connectivity index (χ0) is 13.1. The fourth-order valence-electron chi connectivity index (χ4n) is 1.84. The van der Waals surface area contributed by atoms with Gasteiger partial charge < -0.3 is 9.31 Å². The molecule has 0 atom stereocenters. The predicted octanol–water partition coefficient (Wildman–Crippen LogP) is 3.70. The summed E-state index contributed by atoms with van der Waals surface area (Å²) in [6, 6.07) is 0. The highest BCUT2D eigenvalue weighted by atomic mass is 19.1. The van der Waals surface area contributed by atoms with Crippen LogP contribution in [-0.4, -0.2) is 25.0 Å². The molecule has 1 rings (SSSR count). The largest absolute Gasteiger partial charge is 0.490 e. The molecule has 0 aromatic heterocycles. The zero-order valence-corrected chi connectivity index (χ0v) is 11.7. The smallest absolute Gasteiger partial charge is 0.400 e. The van der Waals surface area contributed by atoms with Gasteiger partial charge in [-0.25, -0.2) is 0 Å². The zero-order valence-electron chi connectivity index (χ0n) is 11.7. The highest BCUT2D eigenvalue weighted by Gasteiger charge is 2.51. The van der Waals surface area contributed by atoms with Crippen molar-refractivity contribution in [1.29, 1.82) is 0 Å². The number of allylic oxidation sites excluding steroid dienone is 2. The Labute approximate surface area is 105 Å². The maximum Gasteiger partial charge on any atom is 0.490 e. The monoisotopic (exact) mass is 242 g/mol. The normalized spacial score (nSPS) is 23.2. The summed E-state index contributed by atoms with van der Waals surface area (Å²) in [7, 11) is -0.313. The molecular weight excluding hydrogens is 218 g/mol. The summed E-state index contributed by atoms with van der Waals surface area (Å²) in [5.74, 6) is 0. The molecule has 0 amide bonds. The second-order valence-corrected chi connectivity index (χ2v) is 5.59. The molecule has 1 aliphatic heterocycles. The summed E-state index contributed by atoms with van der Waals surface area (Å²) in [6.45, 7) is 9.91. The summed E-state index contributed by atoms with van der Waals surface area (Å²) in [5, 5.41) is 0. The first-order valence-corrected chi connectivity index (χ1v) is 6.44. The van der Waals surface area contributed by atoms with Crippen molar-refractivity contribution in [3.63, 3.8) is 0 Å². The van der Waals surface area contributed by atoms with Crippen molar-refractivity contribution in [1.82, 2.24) is 0 Å². The molecule has 0 aliphatic carbocycles. The standard InChI is InChI=1S/C13H24BFO2/c1-6-8-11(9-7-10-15)14-16-12(2,3)13(4,5)17-14/h9H,6-8,10H2,1-5H3/b11-9+. The van der Waals surface area contributed by atoms with E-state index in [1.54, 1.807) is 0 Å². The van der Waals surface area contributed by atoms with Crippen LogP contribution in [0.5, 0.6) is 0 Å². The summed E-state index contributed by atoms with van der Waals surface area (Å²) in [4.78, 5) is 0. The van der Waals surface area contributed by atoms with Crippen molar-refractivity contribution in [2.75, 3.05) is 6.67 Å². The fraction of sp³-hybridized carbons (Fsp3) is 0.846. The van der Waals surface area contributed by atoms with Crippen molar-refractivity contribution >= 4 is 7.12 Å². The van der Waals surface area contributed by atoms with Gasteiger partial charge in [0.25, 0.3) is 0 Å². The van der Waals surface area contributed by atoms with Crippen LogP contribution in [0.2, 0.25) is 0 Å². The maximum absolute atomic E-state index is 12.3. The van der Waals surface area contributed by atoms with Gasteiger partial charge in [-0.15, -0.1) is 0 Å². The Morgan fingerprint density at radius 3 is 2.12 bits per heavy atom. The molecule has 0 bridgehead atoms. The summed E-state index contributed by atoms with van der Waals surface area (Å²) in [5.41, 5.74) is 0.434. The first-order chi connectivity index (χ1) is 7.84. The van der Waals surface area contributed by atoms with Gasteiger partial charge in [0, 0.05) is 0 Å². The van der Waals surface area contributed by atoms with Crippen LogP contribution in [0.3, 0.4) is 0 Å². The highest BCUT2D eigenvalue weighted by Crippen LogP contribution is 2.39. The number of alkyl halides is 1. The summed E-state index contributed by atoms with van der Waals surface area (Å²) in [6.07, 6.45) is 4.28. The first kappa shape index (κ1) is 14.7. The molecule has 0 aromatic rings. The lowest BCUT2D eigenvalue weighted by Gasteiger charge is -2.32. The fourth-order valence-corrected chi connectivity index (χ4v) is 1.84. The van der Waals surface area contributed by atoms with E-state index < -0.39 is 0 Å². The van der Waals surface area contributed by atoms with Gasteiger partial charge in [0.1, 0.15) is 0 Å². The van der Waals surface area contributed by atoms with Crippen LogP contribution in [0.1, 0.15) is 53.9 Å². The van der Waals surface area contributed by atoms with Gasteiger partial charge in [-0.1, -0.05) is 19.4 Å². The minimum atomic E-state index is -0.327. The van der Waals surface area contributed by atoms with E-state index in [4.69, 9.17) is 9.31 Å². The quantitative estimate of drug-likeness (QED) is 0.684. The van der Waals surface area contributed by atoms with E-state index in [1.807, 2.05) is 33.8 Å². The van der Waals surface area contributed by atoms with E-state index in [0.717, 1.165) is 18.3 Å². The average Bonchev–Trinajstić information content (AvgIpc) is 2.43. The summed E-state index contributed by atoms with van der Waals surface area (Å²) < 4.78 is 24.2. The van der Waals surface area contributed by atoms with Crippen LogP contribution in [0.15, 0.2) is 11.5 Å². The number of rotatable bonds is 5. The molecule has 1 aliphatic rings. The van der Waals surface area contributed by atoms with E-state index in [-0.39, 0.29) is 25.0 Å². The van der Waals surface area contributed by atoms with Crippen LogP contribution in [0.25, 0.3) is 0 Å². The molecule has 1 fully saturated rings. The molecule has 17 heavy (non-hydrogen) atoms. The van der Waals surface area contributed by atoms with Gasteiger partial charge in [0.05, 0.1) is 17.9 Å². The van der Waals surface area contributed by atoms with E-state index in [0.29, 0.717) is 6.42 Å². The van der Waals surface area contributed by atoms with E-state index in [9.17, 15) is 4.39 Å². The highest BCUT2D eigenvalue weighted by molar-refractivity contribution is 6.54. The molecule has 0 saturated carbocycles. The van der Waals surface area contributed by atoms with E-state index in [1.165, 1.54) is 0 Å². The molecule has 4 heteroatoms. The van der Waals surface area contributed by atoms with Crippen LogP contribution in [0.4, 0.5) is 4.39 Å². The Bertz CT molecular complexity index is 271. The molecular formula is C13H24BFO2. The number of hydrogen-bond acceptors (Lipinski definition) is 2. The molecule has 1 heterocycles. The van der Waals surface area contributed by atoms with Gasteiger partial charge in [-0.05, 0) is 46.0 Å². The van der Waals surface area contributed by atoms with Crippen molar-refractivity contribution in [2.24, 2.45) is 0 Å². The van der Waals surface area contributed by atoms with Crippen molar-refractivity contribution in [3.8, 4) is 0 Å². The Hall–Kier alpha value is -0.345. The van der Waals surface area contributed by atoms with Gasteiger partial charge in [0.2, 0.25) is 0 Å². The SMILES string of the molecule is CCC/C(=C\CCF)B1OC(C)(C)C(C)(C)O1. The number of hydrogen-bond donors (Lipinski definition) is 0. The topological polar surface area (TPSA) is 18.5 Å². The third-order valence-electron chi connectivity index (χ3n) is 3.61. The maximum atomic E-state index is 12.3. The third kappa shape index (κ3) is 3.32. The van der Waals surface area contributed by atoms with Crippen molar-refractivity contribution in [2.45, 2.75) is 65.1 Å². The van der Waals surface area contributed by atoms with Crippen molar-refractivity contribution < 1.29 is 13.7 Å². The Kier molecular flexibility index (Phi) is 4.79.